The number of anilines is 1. The van der Waals surface area contributed by atoms with Gasteiger partial charge in [0.25, 0.3) is 0 Å². The fourth-order valence-corrected chi connectivity index (χ4v) is 5.62. The number of hydrogen-bond acceptors (Lipinski definition) is 3. The van der Waals surface area contributed by atoms with E-state index in [9.17, 15) is 22.5 Å². The lowest BCUT2D eigenvalue weighted by atomic mass is 10.0. The van der Waals surface area contributed by atoms with E-state index in [0.717, 1.165) is 29.4 Å². The summed E-state index contributed by atoms with van der Waals surface area (Å²) in [5.41, 5.74) is 1.25. The monoisotopic (exact) mass is 541 g/mol. The molecule has 4 rings (SSSR count). The molecule has 0 bridgehead atoms. The zero-order chi connectivity index (χ0) is 25.2. The maximum atomic E-state index is 12.8. The second-order valence-electron chi connectivity index (χ2n) is 8.18. The summed E-state index contributed by atoms with van der Waals surface area (Å²) in [6.45, 7) is 0. The summed E-state index contributed by atoms with van der Waals surface area (Å²) >= 11 is 11.6. The Balaban J connectivity index is 1.45. The minimum absolute atomic E-state index is 0.0496. The third-order valence-electron chi connectivity index (χ3n) is 5.34. The minimum atomic E-state index is -4.88. The number of nitrogens with one attached hydrogen (secondary N) is 1. The molecule has 1 aliphatic carbocycles. The number of carbonyl (C=O) groups is 1. The van der Waals surface area contributed by atoms with Gasteiger partial charge in [-0.2, -0.15) is 0 Å². The molecule has 0 radical (unpaired) electrons. The van der Waals surface area contributed by atoms with Gasteiger partial charge in [0.1, 0.15) is 11.5 Å². The van der Waals surface area contributed by atoms with Crippen LogP contribution in [0.2, 0.25) is 10.0 Å². The Morgan fingerprint density at radius 1 is 1.06 bits per heavy atom. The molecular formula is C25H20Cl2F3NO3S. The van der Waals surface area contributed by atoms with Gasteiger partial charge in [0.15, 0.2) is 4.90 Å². The van der Waals surface area contributed by atoms with Crippen LogP contribution < -0.4 is 10.1 Å². The van der Waals surface area contributed by atoms with Gasteiger partial charge in [0.05, 0.1) is 16.5 Å². The molecule has 3 aromatic carbocycles. The van der Waals surface area contributed by atoms with Crippen molar-refractivity contribution in [1.82, 2.24) is 0 Å². The number of benzene rings is 3. The molecule has 0 aromatic heterocycles. The minimum Gasteiger partial charge on any atom is -0.611 e. The normalized spacial score (nSPS) is 14.5. The number of alkyl halides is 3. The predicted molar refractivity (Wildman–Crippen MR) is 131 cm³/mol. The van der Waals surface area contributed by atoms with Crippen molar-refractivity contribution in [2.24, 2.45) is 5.92 Å². The number of halogens is 5. The van der Waals surface area contributed by atoms with E-state index in [2.05, 4.69) is 10.1 Å². The molecule has 0 saturated heterocycles. The summed E-state index contributed by atoms with van der Waals surface area (Å²) in [7, 11) is 0. The molecule has 0 spiro atoms. The summed E-state index contributed by atoms with van der Waals surface area (Å²) in [5.74, 6) is 0.445. The first-order valence-corrected chi connectivity index (χ1v) is 12.8. The van der Waals surface area contributed by atoms with Crippen LogP contribution in [0.1, 0.15) is 18.4 Å². The van der Waals surface area contributed by atoms with E-state index in [0.29, 0.717) is 17.4 Å². The van der Waals surface area contributed by atoms with E-state index in [-0.39, 0.29) is 33.5 Å². The van der Waals surface area contributed by atoms with E-state index < -0.39 is 23.3 Å². The Kier molecular flexibility index (Phi) is 7.86. The van der Waals surface area contributed by atoms with Crippen LogP contribution in [0, 0.1) is 5.92 Å². The number of amides is 1. The van der Waals surface area contributed by atoms with E-state index in [4.69, 9.17) is 23.2 Å². The Labute approximate surface area is 213 Å². The topological polar surface area (TPSA) is 61.4 Å². The zero-order valence-corrected chi connectivity index (χ0v) is 20.5. The molecule has 1 fully saturated rings. The first kappa shape index (κ1) is 25.7. The van der Waals surface area contributed by atoms with E-state index in [1.807, 2.05) is 0 Å². The maximum absolute atomic E-state index is 12.8. The van der Waals surface area contributed by atoms with Gasteiger partial charge in [0.2, 0.25) is 5.91 Å². The first-order chi connectivity index (χ1) is 16.6. The molecule has 1 amide bonds. The highest BCUT2D eigenvalue weighted by Crippen LogP contribution is 2.42. The van der Waals surface area contributed by atoms with Gasteiger partial charge in [0, 0.05) is 22.7 Å². The van der Waals surface area contributed by atoms with Crippen LogP contribution in [0.5, 0.6) is 5.75 Å². The lowest BCUT2D eigenvalue weighted by Crippen LogP contribution is -2.17. The van der Waals surface area contributed by atoms with Crippen molar-refractivity contribution in [3.8, 4) is 16.9 Å². The van der Waals surface area contributed by atoms with Crippen molar-refractivity contribution in [3.63, 3.8) is 0 Å². The Morgan fingerprint density at radius 2 is 1.69 bits per heavy atom. The van der Waals surface area contributed by atoms with Crippen LogP contribution in [-0.2, 0) is 22.4 Å². The number of carbonyl (C=O) groups excluding carboxylic acids is 1. The lowest BCUT2D eigenvalue weighted by molar-refractivity contribution is -0.274. The third kappa shape index (κ3) is 7.07. The third-order valence-corrected chi connectivity index (χ3v) is 7.51. The van der Waals surface area contributed by atoms with Crippen molar-refractivity contribution in [2.45, 2.75) is 30.5 Å². The van der Waals surface area contributed by atoms with Gasteiger partial charge in [-0.3, -0.25) is 4.79 Å². The van der Waals surface area contributed by atoms with Crippen LogP contribution in [-0.4, -0.2) is 22.6 Å². The molecule has 0 aliphatic heterocycles. The number of hydrogen-bond donors (Lipinski definition) is 1. The fourth-order valence-electron chi connectivity index (χ4n) is 3.53. The number of ether oxygens (including phenoxy) is 1. The smallest absolute Gasteiger partial charge is 0.573 e. The predicted octanol–water partition coefficient (Wildman–Crippen LogP) is 7.26. The molecule has 1 aliphatic rings. The SMILES string of the molecule is O=C(Cc1ccc([S+]([O-])CC2CC2)cc1)Nc1cc(Cl)c(-c2ccccc2OC(F)(F)F)c(Cl)c1. The molecule has 4 nitrogen and oxygen atoms in total. The molecule has 184 valence electrons. The average molecular weight is 542 g/mol. The largest absolute Gasteiger partial charge is 0.611 e. The van der Waals surface area contributed by atoms with Crippen LogP contribution in [0.25, 0.3) is 11.1 Å². The van der Waals surface area contributed by atoms with Crippen LogP contribution in [0.4, 0.5) is 18.9 Å². The zero-order valence-electron chi connectivity index (χ0n) is 18.2. The summed E-state index contributed by atoms with van der Waals surface area (Å²) in [5, 5.41) is 2.80. The van der Waals surface area contributed by atoms with Gasteiger partial charge in [-0.05, 0) is 59.9 Å². The molecule has 10 heteroatoms. The summed E-state index contributed by atoms with van der Waals surface area (Å²) < 4.78 is 54.8. The van der Waals surface area contributed by atoms with Crippen LogP contribution >= 0.6 is 23.2 Å². The fraction of sp³-hybridized carbons (Fsp3) is 0.240. The van der Waals surface area contributed by atoms with E-state index >= 15 is 0 Å². The summed E-state index contributed by atoms with van der Waals surface area (Å²) in [6.07, 6.45) is -2.55. The standard InChI is InChI=1S/C25H20Cl2F3NO3S/c26-20-12-17(13-21(27)24(20)19-3-1-2-4-22(19)34-25(28,29)30)31-23(32)11-15-7-9-18(10-8-15)35(33)14-16-5-6-16/h1-4,7-10,12-13,16H,5-6,11,14H2,(H,31,32). The highest BCUT2D eigenvalue weighted by Gasteiger charge is 2.32. The molecule has 1 unspecified atom stereocenters. The lowest BCUT2D eigenvalue weighted by Gasteiger charge is -2.16. The van der Waals surface area contributed by atoms with Gasteiger partial charge in [-0.15, -0.1) is 13.2 Å². The van der Waals surface area contributed by atoms with Gasteiger partial charge in [-0.1, -0.05) is 53.5 Å². The quantitative estimate of drug-likeness (QED) is 0.305. The van der Waals surface area contributed by atoms with Gasteiger partial charge < -0.3 is 14.6 Å². The highest BCUT2D eigenvalue weighted by atomic mass is 35.5. The molecule has 1 N–H and O–H groups in total. The Bertz CT molecular complexity index is 1190. The Hall–Kier alpha value is -2.39. The van der Waals surface area contributed by atoms with Crippen molar-refractivity contribution in [1.29, 1.82) is 0 Å². The Morgan fingerprint density at radius 3 is 2.29 bits per heavy atom. The second-order valence-corrected chi connectivity index (χ2v) is 10.5. The second kappa shape index (κ2) is 10.7. The highest BCUT2D eigenvalue weighted by molar-refractivity contribution is 7.91. The molecule has 35 heavy (non-hydrogen) atoms. The molecule has 1 saturated carbocycles. The summed E-state index contributed by atoms with van der Waals surface area (Å²) in [6, 6.07) is 15.4. The van der Waals surface area contributed by atoms with Crippen LogP contribution in [0.15, 0.2) is 65.6 Å². The molecule has 0 heterocycles. The number of para-hydroxylation sites is 1. The van der Waals surface area contributed by atoms with Gasteiger partial charge >= 0.3 is 6.36 Å². The van der Waals surface area contributed by atoms with Crippen LogP contribution in [0.3, 0.4) is 0 Å². The maximum Gasteiger partial charge on any atom is 0.573 e. The molecule has 1 atom stereocenters. The van der Waals surface area contributed by atoms with Crippen molar-refractivity contribution >= 4 is 46.0 Å². The number of rotatable bonds is 8. The van der Waals surface area contributed by atoms with E-state index in [1.54, 1.807) is 24.3 Å². The summed E-state index contributed by atoms with van der Waals surface area (Å²) in [4.78, 5) is 13.3. The first-order valence-electron chi connectivity index (χ1n) is 10.7. The average Bonchev–Trinajstić information content (AvgIpc) is 3.58. The molecule has 3 aromatic rings. The van der Waals surface area contributed by atoms with Crippen molar-refractivity contribution < 1.29 is 27.3 Å². The van der Waals surface area contributed by atoms with E-state index in [1.165, 1.54) is 30.3 Å². The van der Waals surface area contributed by atoms with Crippen molar-refractivity contribution in [3.05, 3.63) is 76.3 Å². The van der Waals surface area contributed by atoms with Crippen molar-refractivity contribution in [2.75, 3.05) is 11.1 Å². The van der Waals surface area contributed by atoms with Gasteiger partial charge in [-0.25, -0.2) is 0 Å². The molecular weight excluding hydrogens is 522 g/mol.